The van der Waals surface area contributed by atoms with Crippen molar-refractivity contribution in [3.63, 3.8) is 0 Å². The topological polar surface area (TPSA) is 64.8 Å². The molecule has 0 aliphatic rings. The SMILES string of the molecule is Cc1cccc(CS(=O)(=O)c2cnn(C)c2)n1. The van der Waals surface area contributed by atoms with E-state index in [1.807, 2.05) is 13.0 Å². The van der Waals surface area contributed by atoms with Crippen LogP contribution < -0.4 is 0 Å². The summed E-state index contributed by atoms with van der Waals surface area (Å²) in [6, 6.07) is 5.34. The molecule has 90 valence electrons. The molecule has 0 N–H and O–H groups in total. The predicted molar refractivity (Wildman–Crippen MR) is 63.1 cm³/mol. The highest BCUT2D eigenvalue weighted by atomic mass is 32.2. The van der Waals surface area contributed by atoms with Crippen molar-refractivity contribution in [2.75, 3.05) is 0 Å². The summed E-state index contributed by atoms with van der Waals surface area (Å²) in [5, 5.41) is 3.86. The fourth-order valence-electron chi connectivity index (χ4n) is 1.52. The Morgan fingerprint density at radius 1 is 1.35 bits per heavy atom. The number of nitrogens with zero attached hydrogens (tertiary/aromatic N) is 3. The van der Waals surface area contributed by atoms with Gasteiger partial charge in [-0.2, -0.15) is 5.10 Å². The average Bonchev–Trinajstić information content (AvgIpc) is 2.65. The van der Waals surface area contributed by atoms with Crippen LogP contribution >= 0.6 is 0 Å². The second kappa shape index (κ2) is 4.29. The van der Waals surface area contributed by atoms with E-state index < -0.39 is 9.84 Å². The third kappa shape index (κ3) is 2.71. The number of rotatable bonds is 3. The van der Waals surface area contributed by atoms with Crippen molar-refractivity contribution in [1.82, 2.24) is 14.8 Å². The standard InChI is InChI=1S/C11H13N3O2S/c1-9-4-3-5-10(13-9)8-17(15,16)11-6-12-14(2)7-11/h3-7H,8H2,1-2H3. The maximum Gasteiger partial charge on any atom is 0.187 e. The zero-order valence-corrected chi connectivity index (χ0v) is 10.5. The first-order chi connectivity index (χ1) is 7.97. The van der Waals surface area contributed by atoms with Gasteiger partial charge in [0.15, 0.2) is 9.84 Å². The Balaban J connectivity index is 2.29. The number of hydrogen-bond acceptors (Lipinski definition) is 4. The molecule has 2 aromatic heterocycles. The minimum Gasteiger partial charge on any atom is -0.274 e. The summed E-state index contributed by atoms with van der Waals surface area (Å²) in [6.07, 6.45) is 2.84. The molecule has 0 amide bonds. The van der Waals surface area contributed by atoms with Crippen LogP contribution in [0.3, 0.4) is 0 Å². The number of pyridine rings is 1. The van der Waals surface area contributed by atoms with E-state index in [1.165, 1.54) is 17.1 Å². The van der Waals surface area contributed by atoms with Crippen molar-refractivity contribution in [3.8, 4) is 0 Å². The highest BCUT2D eigenvalue weighted by molar-refractivity contribution is 7.90. The Morgan fingerprint density at radius 2 is 2.12 bits per heavy atom. The van der Waals surface area contributed by atoms with Gasteiger partial charge in [-0.05, 0) is 19.1 Å². The van der Waals surface area contributed by atoms with Crippen molar-refractivity contribution < 1.29 is 8.42 Å². The van der Waals surface area contributed by atoms with Crippen LogP contribution in [-0.4, -0.2) is 23.2 Å². The van der Waals surface area contributed by atoms with Gasteiger partial charge in [0.05, 0.1) is 17.6 Å². The zero-order valence-electron chi connectivity index (χ0n) is 9.66. The van der Waals surface area contributed by atoms with Gasteiger partial charge in [-0.1, -0.05) is 6.07 Å². The minimum atomic E-state index is -3.36. The van der Waals surface area contributed by atoms with Crippen molar-refractivity contribution in [1.29, 1.82) is 0 Å². The summed E-state index contributed by atoms with van der Waals surface area (Å²) in [6.45, 7) is 1.83. The molecule has 2 rings (SSSR count). The maximum atomic E-state index is 12.0. The molecule has 0 atom stereocenters. The van der Waals surface area contributed by atoms with Crippen molar-refractivity contribution in [2.45, 2.75) is 17.6 Å². The van der Waals surface area contributed by atoms with E-state index >= 15 is 0 Å². The molecule has 0 aliphatic heterocycles. The lowest BCUT2D eigenvalue weighted by atomic mass is 10.3. The zero-order chi connectivity index (χ0) is 12.5. The van der Waals surface area contributed by atoms with E-state index in [0.29, 0.717) is 5.69 Å². The highest BCUT2D eigenvalue weighted by Crippen LogP contribution is 2.14. The van der Waals surface area contributed by atoms with E-state index in [-0.39, 0.29) is 10.6 Å². The van der Waals surface area contributed by atoms with Gasteiger partial charge in [-0.25, -0.2) is 8.42 Å². The summed E-state index contributed by atoms with van der Waals surface area (Å²) in [7, 11) is -1.67. The van der Waals surface area contributed by atoms with E-state index in [9.17, 15) is 8.42 Å². The molecule has 17 heavy (non-hydrogen) atoms. The quantitative estimate of drug-likeness (QED) is 0.819. The lowest BCUT2D eigenvalue weighted by Crippen LogP contribution is -2.06. The summed E-state index contributed by atoms with van der Waals surface area (Å²) < 4.78 is 25.5. The van der Waals surface area contributed by atoms with Gasteiger partial charge in [0.25, 0.3) is 0 Å². The largest absolute Gasteiger partial charge is 0.274 e. The first kappa shape index (κ1) is 11.8. The second-order valence-corrected chi connectivity index (χ2v) is 5.87. The van der Waals surface area contributed by atoms with E-state index in [1.54, 1.807) is 19.2 Å². The molecule has 0 aliphatic carbocycles. The predicted octanol–water partition coefficient (Wildman–Crippen LogP) is 1.10. The summed E-state index contributed by atoms with van der Waals surface area (Å²) in [4.78, 5) is 4.41. The molecule has 0 saturated heterocycles. The molecular weight excluding hydrogens is 238 g/mol. The number of hydrogen-bond donors (Lipinski definition) is 0. The normalized spacial score (nSPS) is 11.6. The van der Waals surface area contributed by atoms with E-state index in [0.717, 1.165) is 5.69 Å². The smallest absolute Gasteiger partial charge is 0.187 e. The molecule has 5 nitrogen and oxygen atoms in total. The second-order valence-electron chi connectivity index (χ2n) is 3.88. The van der Waals surface area contributed by atoms with Gasteiger partial charge < -0.3 is 0 Å². The van der Waals surface area contributed by atoms with Gasteiger partial charge >= 0.3 is 0 Å². The molecule has 0 bridgehead atoms. The van der Waals surface area contributed by atoms with Crippen LogP contribution in [0.4, 0.5) is 0 Å². The lowest BCUT2D eigenvalue weighted by Gasteiger charge is -2.02. The molecule has 0 radical (unpaired) electrons. The van der Waals surface area contributed by atoms with Crippen LogP contribution in [0.25, 0.3) is 0 Å². The molecule has 0 unspecified atom stereocenters. The third-order valence-electron chi connectivity index (χ3n) is 2.32. The Labute approximate surface area is 100 Å². The number of aromatic nitrogens is 3. The van der Waals surface area contributed by atoms with E-state index in [2.05, 4.69) is 10.1 Å². The Hall–Kier alpha value is -1.69. The Bertz CT molecular complexity index is 632. The van der Waals surface area contributed by atoms with Gasteiger partial charge in [0.1, 0.15) is 4.90 Å². The van der Waals surface area contributed by atoms with E-state index in [4.69, 9.17) is 0 Å². The van der Waals surface area contributed by atoms with Crippen LogP contribution in [0.15, 0.2) is 35.5 Å². The van der Waals surface area contributed by atoms with Crippen LogP contribution in [0.2, 0.25) is 0 Å². The summed E-state index contributed by atoms with van der Waals surface area (Å²) >= 11 is 0. The van der Waals surface area contributed by atoms with Gasteiger partial charge in [0.2, 0.25) is 0 Å². The monoisotopic (exact) mass is 251 g/mol. The first-order valence-electron chi connectivity index (χ1n) is 5.11. The molecule has 0 fully saturated rings. The molecule has 2 aromatic rings. The Morgan fingerprint density at radius 3 is 2.71 bits per heavy atom. The van der Waals surface area contributed by atoms with Crippen LogP contribution in [-0.2, 0) is 22.6 Å². The molecule has 0 saturated carbocycles. The van der Waals surface area contributed by atoms with Crippen LogP contribution in [0.1, 0.15) is 11.4 Å². The van der Waals surface area contributed by atoms with Crippen molar-refractivity contribution in [2.24, 2.45) is 7.05 Å². The van der Waals surface area contributed by atoms with Crippen molar-refractivity contribution >= 4 is 9.84 Å². The highest BCUT2D eigenvalue weighted by Gasteiger charge is 2.17. The van der Waals surface area contributed by atoms with Gasteiger partial charge in [-0.3, -0.25) is 9.67 Å². The van der Waals surface area contributed by atoms with Crippen LogP contribution in [0, 0.1) is 6.92 Å². The molecule has 2 heterocycles. The molecule has 0 spiro atoms. The lowest BCUT2D eigenvalue weighted by molar-refractivity contribution is 0.594. The molecule has 6 heteroatoms. The maximum absolute atomic E-state index is 12.0. The number of sulfone groups is 1. The fraction of sp³-hybridized carbons (Fsp3) is 0.273. The molecule has 0 aromatic carbocycles. The van der Waals surface area contributed by atoms with Crippen molar-refractivity contribution in [3.05, 3.63) is 42.0 Å². The summed E-state index contributed by atoms with van der Waals surface area (Å²) in [5.41, 5.74) is 1.36. The van der Waals surface area contributed by atoms with Gasteiger partial charge in [-0.15, -0.1) is 0 Å². The van der Waals surface area contributed by atoms with Gasteiger partial charge in [0, 0.05) is 18.9 Å². The van der Waals surface area contributed by atoms with Crippen LogP contribution in [0.5, 0.6) is 0 Å². The average molecular weight is 251 g/mol. The summed E-state index contributed by atoms with van der Waals surface area (Å²) in [5.74, 6) is -0.0969. The minimum absolute atomic E-state index is 0.0969. The Kier molecular flexibility index (Phi) is 2.97. The first-order valence-corrected chi connectivity index (χ1v) is 6.76. The number of aryl methyl sites for hydroxylation is 2. The fourth-order valence-corrected chi connectivity index (χ4v) is 2.76. The third-order valence-corrected chi connectivity index (χ3v) is 3.93. The molecular formula is C11H13N3O2S.